The molecule has 0 aliphatic heterocycles. The van der Waals surface area contributed by atoms with Crippen molar-refractivity contribution in [1.29, 1.82) is 0 Å². The summed E-state index contributed by atoms with van der Waals surface area (Å²) in [5.41, 5.74) is 5.62. The number of aromatic nitrogens is 5. The first kappa shape index (κ1) is 21.5. The second-order valence-corrected chi connectivity index (χ2v) is 8.10. The number of hydrogen-bond acceptors (Lipinski definition) is 6. The lowest BCUT2D eigenvalue weighted by atomic mass is 10.0. The van der Waals surface area contributed by atoms with Gasteiger partial charge in [-0.1, -0.05) is 48.5 Å². The number of H-pyrrole nitrogens is 1. The minimum atomic E-state index is -0.438. The number of aromatic amines is 1. The van der Waals surface area contributed by atoms with Gasteiger partial charge in [0.25, 0.3) is 5.78 Å². The highest BCUT2D eigenvalue weighted by molar-refractivity contribution is 6.14. The summed E-state index contributed by atoms with van der Waals surface area (Å²) in [6, 6.07) is 17.3. The van der Waals surface area contributed by atoms with E-state index in [0.717, 1.165) is 39.1 Å². The second-order valence-electron chi connectivity index (χ2n) is 8.10. The topological polar surface area (TPSA) is 102 Å². The third-order valence-electron chi connectivity index (χ3n) is 5.98. The number of benzene rings is 2. The molecule has 0 amide bonds. The molecule has 0 aliphatic carbocycles. The van der Waals surface area contributed by atoms with Crippen molar-refractivity contribution in [2.24, 2.45) is 0 Å². The number of hydrogen-bond donors (Lipinski definition) is 1. The van der Waals surface area contributed by atoms with Gasteiger partial charge in [0.2, 0.25) is 5.78 Å². The third-order valence-corrected chi connectivity index (χ3v) is 5.98. The van der Waals surface area contributed by atoms with E-state index in [1.165, 1.54) is 6.33 Å². The third kappa shape index (κ3) is 3.94. The van der Waals surface area contributed by atoms with Crippen LogP contribution >= 0.6 is 0 Å². The van der Waals surface area contributed by atoms with Crippen LogP contribution in [0.25, 0.3) is 27.9 Å². The molecule has 8 nitrogen and oxygen atoms in total. The van der Waals surface area contributed by atoms with E-state index in [1.807, 2.05) is 68.4 Å². The van der Waals surface area contributed by atoms with Crippen LogP contribution in [0, 0.1) is 13.8 Å². The van der Waals surface area contributed by atoms with E-state index in [1.54, 1.807) is 4.52 Å². The fourth-order valence-corrected chi connectivity index (χ4v) is 4.29. The molecular weight excluding hydrogens is 430 g/mol. The molecule has 170 valence electrons. The van der Waals surface area contributed by atoms with Crippen molar-refractivity contribution in [3.63, 3.8) is 0 Å². The van der Waals surface area contributed by atoms with Gasteiger partial charge in [-0.3, -0.25) is 9.59 Å². The maximum Gasteiger partial charge on any atom is 0.306 e. The monoisotopic (exact) mass is 453 g/mol. The molecule has 3 heterocycles. The predicted molar refractivity (Wildman–Crippen MR) is 128 cm³/mol. The van der Waals surface area contributed by atoms with Crippen molar-refractivity contribution in [2.45, 2.75) is 26.7 Å². The number of aryl methyl sites for hydroxylation is 2. The Balaban J connectivity index is 1.31. The number of esters is 1. The molecule has 0 atom stereocenters. The van der Waals surface area contributed by atoms with Gasteiger partial charge in [-0.15, -0.1) is 0 Å². The highest BCUT2D eigenvalue weighted by Gasteiger charge is 2.21. The Morgan fingerprint density at radius 2 is 1.79 bits per heavy atom. The maximum atomic E-state index is 13.2. The van der Waals surface area contributed by atoms with E-state index in [2.05, 4.69) is 20.1 Å². The van der Waals surface area contributed by atoms with E-state index >= 15 is 0 Å². The average molecular weight is 454 g/mol. The fraction of sp³-hybridized carbons (Fsp3) is 0.192. The van der Waals surface area contributed by atoms with Crippen molar-refractivity contribution >= 4 is 28.4 Å². The van der Waals surface area contributed by atoms with Gasteiger partial charge >= 0.3 is 5.97 Å². The van der Waals surface area contributed by atoms with Gasteiger partial charge < -0.3 is 9.72 Å². The first-order chi connectivity index (χ1) is 16.5. The lowest BCUT2D eigenvalue weighted by Crippen LogP contribution is -2.16. The predicted octanol–water partition coefficient (Wildman–Crippen LogP) is 4.25. The van der Waals surface area contributed by atoms with Gasteiger partial charge in [0.05, 0.1) is 11.3 Å². The summed E-state index contributed by atoms with van der Waals surface area (Å²) in [5, 5.41) is 4.98. The van der Waals surface area contributed by atoms with E-state index in [9.17, 15) is 9.59 Å². The highest BCUT2D eigenvalue weighted by atomic mass is 16.5. The molecule has 0 saturated carbocycles. The van der Waals surface area contributed by atoms with Gasteiger partial charge in [-0.05, 0) is 37.5 Å². The van der Waals surface area contributed by atoms with E-state index in [-0.39, 0.29) is 18.8 Å². The van der Waals surface area contributed by atoms with Crippen molar-refractivity contribution < 1.29 is 14.3 Å². The molecular formula is C26H23N5O3. The average Bonchev–Trinajstić information content (AvgIpc) is 3.48. The molecule has 0 aliphatic rings. The fourth-order valence-electron chi connectivity index (χ4n) is 4.29. The number of carbonyl (C=O) groups excluding carboxylic acids is 2. The van der Waals surface area contributed by atoms with Crippen molar-refractivity contribution in [2.75, 3.05) is 6.61 Å². The van der Waals surface area contributed by atoms with Crippen molar-refractivity contribution in [1.82, 2.24) is 24.6 Å². The molecule has 1 N–H and O–H groups in total. The Bertz CT molecular complexity index is 1520. The summed E-state index contributed by atoms with van der Waals surface area (Å²) in [6.45, 7) is 3.48. The number of fused-ring (bicyclic) bond motifs is 2. The number of Topliss-reactive ketones (excluding diaryl/α,β-unsaturated/α-hetero) is 1. The molecule has 2 aromatic carbocycles. The summed E-state index contributed by atoms with van der Waals surface area (Å²) in [4.78, 5) is 37.6. The molecule has 3 aromatic heterocycles. The van der Waals surface area contributed by atoms with Crippen LogP contribution in [0.2, 0.25) is 0 Å². The molecule has 0 spiro atoms. The molecule has 5 rings (SSSR count). The smallest absolute Gasteiger partial charge is 0.306 e. The molecule has 0 fully saturated rings. The van der Waals surface area contributed by atoms with Crippen LogP contribution in [-0.4, -0.2) is 42.9 Å². The van der Waals surface area contributed by atoms with Crippen LogP contribution in [0.4, 0.5) is 0 Å². The molecule has 0 unspecified atom stereocenters. The van der Waals surface area contributed by atoms with Crippen LogP contribution < -0.4 is 0 Å². The first-order valence-electron chi connectivity index (χ1n) is 11.0. The zero-order chi connectivity index (χ0) is 23.7. The van der Waals surface area contributed by atoms with E-state index < -0.39 is 5.97 Å². The summed E-state index contributed by atoms with van der Waals surface area (Å²) < 4.78 is 7.04. The van der Waals surface area contributed by atoms with E-state index in [0.29, 0.717) is 17.8 Å². The lowest BCUT2D eigenvalue weighted by Gasteiger charge is -2.10. The molecule has 0 radical (unpaired) electrons. The van der Waals surface area contributed by atoms with Crippen LogP contribution in [0.1, 0.15) is 33.7 Å². The number of ether oxygens (including phenoxy) is 1. The Morgan fingerprint density at radius 3 is 2.62 bits per heavy atom. The van der Waals surface area contributed by atoms with E-state index in [4.69, 9.17) is 4.74 Å². The van der Waals surface area contributed by atoms with Crippen molar-refractivity contribution in [3.05, 3.63) is 83.4 Å². The highest BCUT2D eigenvalue weighted by Crippen LogP contribution is 2.30. The van der Waals surface area contributed by atoms with Gasteiger partial charge in [0, 0.05) is 28.7 Å². The standard InChI is InChI=1S/C26H23N5O3/c1-16-19(17(2)31-26(29-16)27-15-28-31)12-13-23(33)34-14-22(32)24-20-10-6-7-11-21(20)30-25(24)18-8-4-3-5-9-18/h3-11,15,30H,12-14H2,1-2H3. The normalized spacial score (nSPS) is 11.2. The molecule has 5 aromatic rings. The van der Waals surface area contributed by atoms with Gasteiger partial charge in [-0.2, -0.15) is 10.1 Å². The summed E-state index contributed by atoms with van der Waals surface area (Å²) in [6.07, 6.45) is 2.03. The van der Waals surface area contributed by atoms with Crippen LogP contribution in [0.5, 0.6) is 0 Å². The van der Waals surface area contributed by atoms with Gasteiger partial charge in [0.15, 0.2) is 6.61 Å². The summed E-state index contributed by atoms with van der Waals surface area (Å²) >= 11 is 0. The molecule has 0 saturated heterocycles. The SMILES string of the molecule is Cc1nc2ncnn2c(C)c1CCC(=O)OCC(=O)c1c(-c2ccccc2)[nH]c2ccccc12. The first-order valence-corrected chi connectivity index (χ1v) is 11.0. The maximum absolute atomic E-state index is 13.2. The zero-order valence-electron chi connectivity index (χ0n) is 18.9. The number of carbonyl (C=O) groups is 2. The Morgan fingerprint density at radius 1 is 1.03 bits per heavy atom. The number of ketones is 1. The number of nitrogens with one attached hydrogen (secondary N) is 1. The number of rotatable bonds is 7. The summed E-state index contributed by atoms with van der Waals surface area (Å²) in [7, 11) is 0. The number of nitrogens with zero attached hydrogens (tertiary/aromatic N) is 4. The quantitative estimate of drug-likeness (QED) is 0.292. The molecule has 34 heavy (non-hydrogen) atoms. The van der Waals surface area contributed by atoms with Gasteiger partial charge in [0.1, 0.15) is 6.33 Å². The Hall–Kier alpha value is -4.33. The molecule has 0 bridgehead atoms. The summed E-state index contributed by atoms with van der Waals surface area (Å²) in [5.74, 6) is -0.158. The van der Waals surface area contributed by atoms with Crippen LogP contribution in [0.15, 0.2) is 60.9 Å². The largest absolute Gasteiger partial charge is 0.457 e. The van der Waals surface area contributed by atoms with Crippen LogP contribution in [-0.2, 0) is 16.0 Å². The van der Waals surface area contributed by atoms with Crippen molar-refractivity contribution in [3.8, 4) is 11.3 Å². The Kier molecular flexibility index (Phi) is 5.63. The minimum absolute atomic E-state index is 0.135. The zero-order valence-corrected chi connectivity index (χ0v) is 18.9. The van der Waals surface area contributed by atoms with Crippen LogP contribution in [0.3, 0.4) is 0 Å². The second kappa shape index (κ2) is 8.90. The van der Waals surface area contributed by atoms with Gasteiger partial charge in [-0.25, -0.2) is 9.50 Å². The Labute approximate surface area is 195 Å². The minimum Gasteiger partial charge on any atom is -0.457 e. The molecule has 8 heteroatoms. The lowest BCUT2D eigenvalue weighted by molar-refractivity contribution is -0.142. The number of para-hydroxylation sites is 1.